The molecule has 1 aromatic carbocycles. The predicted molar refractivity (Wildman–Crippen MR) is 141 cm³/mol. The maximum atomic E-state index is 13.8. The van der Waals surface area contributed by atoms with Crippen LogP contribution in [0.1, 0.15) is 40.7 Å². The Morgan fingerprint density at radius 3 is 2.46 bits per heavy atom. The van der Waals surface area contributed by atoms with Crippen LogP contribution >= 0.6 is 0 Å². The van der Waals surface area contributed by atoms with Gasteiger partial charge in [0.05, 0.1) is 11.6 Å². The van der Waals surface area contributed by atoms with Crippen molar-refractivity contribution in [3.8, 4) is 5.75 Å². The second-order valence-electron chi connectivity index (χ2n) is 11.5. The highest BCUT2D eigenvalue weighted by Gasteiger charge is 2.63. The minimum absolute atomic E-state index is 0.0402. The first-order chi connectivity index (χ1) is 18.4. The maximum Gasteiger partial charge on any atom is 0.255 e. The number of carbonyl (C=O) groups excluding carboxylic acids is 3. The summed E-state index contributed by atoms with van der Waals surface area (Å²) in [5.41, 5.74) is 3.34. The van der Waals surface area contributed by atoms with Crippen LogP contribution in [0.5, 0.6) is 5.75 Å². The number of nitrogens with zero attached hydrogens (tertiary/aromatic N) is 2. The first kappa shape index (κ1) is 27.3. The number of hydrogen-bond acceptors (Lipinski definition) is 10. The molecule has 0 bridgehead atoms. The van der Waals surface area contributed by atoms with Gasteiger partial charge in [0.1, 0.15) is 22.8 Å². The van der Waals surface area contributed by atoms with Crippen LogP contribution in [-0.4, -0.2) is 99.6 Å². The Morgan fingerprint density at radius 1 is 1.18 bits per heavy atom. The third-order valence-electron chi connectivity index (χ3n) is 9.00. The van der Waals surface area contributed by atoms with Crippen LogP contribution in [0.2, 0.25) is 0 Å². The van der Waals surface area contributed by atoms with E-state index in [0.717, 1.165) is 31.5 Å². The summed E-state index contributed by atoms with van der Waals surface area (Å²) >= 11 is 0. The van der Waals surface area contributed by atoms with Gasteiger partial charge in [-0.15, -0.1) is 0 Å². The Balaban J connectivity index is 1.56. The number of aliphatic hydroxyl groups is 3. The van der Waals surface area contributed by atoms with Crippen molar-refractivity contribution in [1.29, 1.82) is 0 Å². The Morgan fingerprint density at radius 2 is 1.85 bits per heavy atom. The van der Waals surface area contributed by atoms with Crippen LogP contribution in [0, 0.1) is 11.8 Å². The first-order valence-corrected chi connectivity index (χ1v) is 13.3. The van der Waals surface area contributed by atoms with Crippen molar-refractivity contribution in [2.24, 2.45) is 17.6 Å². The number of rotatable bonds is 5. The minimum Gasteiger partial charge on any atom is -0.510 e. The molecule has 1 heterocycles. The number of primary amides is 1. The largest absolute Gasteiger partial charge is 0.510 e. The number of benzene rings is 1. The molecule has 0 radical (unpaired) electrons. The van der Waals surface area contributed by atoms with E-state index >= 15 is 0 Å². The van der Waals surface area contributed by atoms with Gasteiger partial charge in [0.25, 0.3) is 5.91 Å². The topological polar surface area (TPSA) is 177 Å². The third kappa shape index (κ3) is 4.15. The van der Waals surface area contributed by atoms with Crippen LogP contribution in [0.15, 0.2) is 34.8 Å². The number of allylic oxidation sites excluding steroid dienone is 1. The van der Waals surface area contributed by atoms with Crippen LogP contribution in [0.4, 0.5) is 0 Å². The lowest BCUT2D eigenvalue weighted by Gasteiger charge is -2.50. The number of hydrogen-bond donors (Lipinski definition) is 6. The van der Waals surface area contributed by atoms with E-state index in [1.807, 2.05) is 0 Å². The van der Waals surface area contributed by atoms with E-state index in [9.17, 15) is 34.8 Å². The summed E-state index contributed by atoms with van der Waals surface area (Å²) in [7, 11) is 5.31. The number of likely N-dealkylation sites (N-methyl/N-ethyl adjacent to an activating group) is 1. The molecule has 7 N–H and O–H groups in total. The zero-order valence-electron chi connectivity index (χ0n) is 22.4. The molecule has 3 aliphatic carbocycles. The molecule has 4 atom stereocenters. The van der Waals surface area contributed by atoms with Crippen molar-refractivity contribution in [2.45, 2.75) is 49.9 Å². The van der Waals surface area contributed by atoms with Gasteiger partial charge < -0.3 is 36.4 Å². The fourth-order valence-electron chi connectivity index (χ4n) is 6.95. The van der Waals surface area contributed by atoms with Crippen molar-refractivity contribution in [3.05, 3.63) is 51.5 Å². The van der Waals surface area contributed by atoms with Crippen molar-refractivity contribution in [2.75, 3.05) is 34.2 Å². The number of fused-ring (bicyclic) bond motifs is 3. The van der Waals surface area contributed by atoms with Crippen molar-refractivity contribution >= 4 is 17.5 Å². The van der Waals surface area contributed by atoms with E-state index in [0.29, 0.717) is 18.2 Å². The Hall–Kier alpha value is -3.25. The molecule has 0 spiro atoms. The van der Waals surface area contributed by atoms with E-state index in [1.165, 1.54) is 6.07 Å². The molecule has 0 unspecified atom stereocenters. The first-order valence-electron chi connectivity index (χ1n) is 13.3. The van der Waals surface area contributed by atoms with Crippen molar-refractivity contribution in [1.82, 2.24) is 15.1 Å². The third-order valence-corrected chi connectivity index (χ3v) is 9.00. The average molecular weight is 541 g/mol. The number of phenols is 1. The number of nitrogens with two attached hydrogens (primary N) is 1. The number of ketones is 2. The standard InChI is InChI=1S/C28H36N4O7/c1-31(2)22-17-11-14-10-16-13(12-30-15-6-8-32(3)9-7-15)4-5-18(33)20(16)23(34)19(14)25(36)28(17,39)26(37)21(24(22)35)27(29)38/h4-5,14-15,17,22,30,33,35-36,39H,6-12H2,1-3H3,(H2,29,38)/t14-,17-,22+,28+/m1/s1. The molecule has 11 nitrogen and oxygen atoms in total. The summed E-state index contributed by atoms with van der Waals surface area (Å²) in [6.07, 6.45) is 2.36. The Bertz CT molecular complexity index is 1310. The number of likely N-dealkylation sites (tertiary alicyclic amines) is 1. The smallest absolute Gasteiger partial charge is 0.255 e. The molecule has 210 valence electrons. The van der Waals surface area contributed by atoms with Gasteiger partial charge in [-0.25, -0.2) is 0 Å². The highest BCUT2D eigenvalue weighted by atomic mass is 16.3. The van der Waals surface area contributed by atoms with Crippen LogP contribution in [0.25, 0.3) is 0 Å². The Labute approximate surface area is 226 Å². The average Bonchev–Trinajstić information content (AvgIpc) is 2.86. The van der Waals surface area contributed by atoms with Crippen LogP contribution < -0.4 is 11.1 Å². The summed E-state index contributed by atoms with van der Waals surface area (Å²) in [6, 6.07) is 2.56. The van der Waals surface area contributed by atoms with Gasteiger partial charge in [0, 0.05) is 24.1 Å². The Kier molecular flexibility index (Phi) is 6.82. The van der Waals surface area contributed by atoms with E-state index in [1.54, 1.807) is 25.1 Å². The van der Waals surface area contributed by atoms with Crippen molar-refractivity contribution in [3.63, 3.8) is 0 Å². The van der Waals surface area contributed by atoms with Gasteiger partial charge in [0.2, 0.25) is 5.78 Å². The molecule has 5 rings (SSSR count). The summed E-state index contributed by atoms with van der Waals surface area (Å²) in [4.78, 5) is 43.1. The summed E-state index contributed by atoms with van der Waals surface area (Å²) < 4.78 is 0. The number of piperidine rings is 1. The minimum atomic E-state index is -2.63. The number of nitrogens with one attached hydrogen (secondary N) is 1. The highest BCUT2D eigenvalue weighted by Crippen LogP contribution is 2.52. The van der Waals surface area contributed by atoms with Gasteiger partial charge in [-0.2, -0.15) is 0 Å². The molecule has 1 amide bonds. The second-order valence-corrected chi connectivity index (χ2v) is 11.5. The number of amides is 1. The summed E-state index contributed by atoms with van der Waals surface area (Å²) in [5, 5.41) is 48.2. The van der Waals surface area contributed by atoms with Gasteiger partial charge >= 0.3 is 0 Å². The SMILES string of the molecule is CN1CCC(NCc2ccc(O)c3c2C[C@@H]2C[C@@H]4[C@H](N(C)C)C(O)=C(C(N)=O)C(=O)[C@@]4(O)C(O)=C2C3=O)CC1. The maximum absolute atomic E-state index is 13.8. The van der Waals surface area contributed by atoms with Gasteiger partial charge in [-0.05, 0) is 83.0 Å². The monoisotopic (exact) mass is 540 g/mol. The molecular formula is C28H36N4O7. The lowest BCUT2D eigenvalue weighted by molar-refractivity contribution is -0.148. The zero-order chi connectivity index (χ0) is 28.4. The number of carbonyl (C=O) groups is 3. The van der Waals surface area contributed by atoms with Crippen LogP contribution in [0.3, 0.4) is 0 Å². The fraction of sp³-hybridized carbons (Fsp3) is 0.536. The normalized spacial score (nSPS) is 29.9. The molecular weight excluding hydrogens is 504 g/mol. The highest BCUT2D eigenvalue weighted by molar-refractivity contribution is 6.24. The molecule has 39 heavy (non-hydrogen) atoms. The second kappa shape index (κ2) is 9.74. The fourth-order valence-corrected chi connectivity index (χ4v) is 6.95. The molecule has 11 heteroatoms. The lowest BCUT2D eigenvalue weighted by Crippen LogP contribution is -2.63. The molecule has 0 aromatic heterocycles. The number of aromatic hydroxyl groups is 1. The molecule has 1 aromatic rings. The molecule has 4 aliphatic rings. The van der Waals surface area contributed by atoms with Gasteiger partial charge in [0.15, 0.2) is 11.4 Å². The van der Waals surface area contributed by atoms with Gasteiger partial charge in [-0.1, -0.05) is 6.07 Å². The quantitative estimate of drug-likeness (QED) is 0.285. The van der Waals surface area contributed by atoms with E-state index in [4.69, 9.17) is 5.73 Å². The summed E-state index contributed by atoms with van der Waals surface area (Å²) in [5.74, 6) is -6.45. The van der Waals surface area contributed by atoms with E-state index in [-0.39, 0.29) is 29.7 Å². The zero-order valence-corrected chi connectivity index (χ0v) is 22.4. The lowest BCUT2D eigenvalue weighted by atomic mass is 9.58. The molecule has 1 saturated heterocycles. The molecule has 0 saturated carbocycles. The predicted octanol–water partition coefficient (Wildman–Crippen LogP) is 0.304. The van der Waals surface area contributed by atoms with E-state index < -0.39 is 58.0 Å². The molecule has 1 aliphatic heterocycles. The summed E-state index contributed by atoms with van der Waals surface area (Å²) in [6.45, 7) is 2.49. The number of phenolic OH excluding ortho intramolecular Hbond substituents is 1. The molecule has 1 fully saturated rings. The number of Topliss-reactive ketones (excluding diaryl/α,β-unsaturated/α-hetero) is 2. The van der Waals surface area contributed by atoms with Crippen LogP contribution in [-0.2, 0) is 22.6 Å². The van der Waals surface area contributed by atoms with Gasteiger partial charge in [-0.3, -0.25) is 19.3 Å². The van der Waals surface area contributed by atoms with E-state index in [2.05, 4.69) is 17.3 Å². The van der Waals surface area contributed by atoms with Crippen molar-refractivity contribution < 1.29 is 34.8 Å². The number of aliphatic hydroxyl groups excluding tert-OH is 2.